The lowest BCUT2D eigenvalue weighted by Gasteiger charge is -2.15. The van der Waals surface area contributed by atoms with Crippen LogP contribution in [0.4, 0.5) is 4.79 Å². The van der Waals surface area contributed by atoms with E-state index in [-0.39, 0.29) is 12.1 Å². The lowest BCUT2D eigenvalue weighted by molar-refractivity contribution is 0.238. The molecule has 1 aromatic carbocycles. The third-order valence-electron chi connectivity index (χ3n) is 3.64. The van der Waals surface area contributed by atoms with Crippen LogP contribution in [0, 0.1) is 13.8 Å². The highest BCUT2D eigenvalue weighted by Gasteiger charge is 2.08. The molecular weight excluding hydrogens is 288 g/mol. The molecule has 2 aromatic rings. The topological polar surface area (TPSA) is 59.0 Å². The second kappa shape index (κ2) is 7.81. The summed E-state index contributed by atoms with van der Waals surface area (Å²) in [5.41, 5.74) is 4.75. The minimum absolute atomic E-state index is 0.0889. The standard InChI is InChI=1S/C18H26N4O/c1-13-9-14(2)11-16(10-13)12-15(3)20-18(23)19-7-5-17-6-8-22(4)21-17/h6,8-11,15H,5,7,12H2,1-4H3,(H2,19,20,23)/t15-/m0/s1. The minimum Gasteiger partial charge on any atom is -0.338 e. The molecule has 0 bridgehead atoms. The Morgan fingerprint density at radius 1 is 1.26 bits per heavy atom. The van der Waals surface area contributed by atoms with Gasteiger partial charge in [0.2, 0.25) is 0 Å². The van der Waals surface area contributed by atoms with E-state index in [9.17, 15) is 4.79 Å². The SMILES string of the molecule is Cc1cc(C)cc(C[C@H](C)NC(=O)NCCc2ccn(C)n2)c1. The zero-order chi connectivity index (χ0) is 16.8. The van der Waals surface area contributed by atoms with E-state index in [4.69, 9.17) is 0 Å². The van der Waals surface area contributed by atoms with Gasteiger partial charge in [0, 0.05) is 32.3 Å². The molecule has 0 saturated heterocycles. The molecule has 1 atom stereocenters. The van der Waals surface area contributed by atoms with Gasteiger partial charge in [-0.15, -0.1) is 0 Å². The predicted octanol–water partition coefficient (Wildman–Crippen LogP) is 2.51. The molecule has 0 spiro atoms. The summed E-state index contributed by atoms with van der Waals surface area (Å²) in [5.74, 6) is 0. The Kier molecular flexibility index (Phi) is 5.79. The fourth-order valence-corrected chi connectivity index (χ4v) is 2.77. The van der Waals surface area contributed by atoms with Crippen LogP contribution < -0.4 is 10.6 Å². The van der Waals surface area contributed by atoms with Crippen molar-refractivity contribution < 1.29 is 4.79 Å². The summed E-state index contributed by atoms with van der Waals surface area (Å²) in [4.78, 5) is 11.9. The molecule has 2 rings (SSSR count). The van der Waals surface area contributed by atoms with E-state index >= 15 is 0 Å². The third-order valence-corrected chi connectivity index (χ3v) is 3.64. The van der Waals surface area contributed by atoms with E-state index < -0.39 is 0 Å². The van der Waals surface area contributed by atoms with E-state index in [0.717, 1.165) is 18.5 Å². The molecular formula is C18H26N4O. The number of rotatable bonds is 6. The number of carbonyl (C=O) groups excluding carboxylic acids is 1. The highest BCUT2D eigenvalue weighted by molar-refractivity contribution is 5.74. The molecule has 23 heavy (non-hydrogen) atoms. The number of amides is 2. The predicted molar refractivity (Wildman–Crippen MR) is 92.5 cm³/mol. The molecule has 0 aliphatic heterocycles. The minimum atomic E-state index is -0.127. The van der Waals surface area contributed by atoms with Crippen molar-refractivity contribution in [2.45, 2.75) is 39.7 Å². The number of hydrogen-bond acceptors (Lipinski definition) is 2. The van der Waals surface area contributed by atoms with Gasteiger partial charge in [-0.1, -0.05) is 29.3 Å². The number of nitrogens with one attached hydrogen (secondary N) is 2. The fraction of sp³-hybridized carbons (Fsp3) is 0.444. The third kappa shape index (κ3) is 5.77. The van der Waals surface area contributed by atoms with E-state index in [0.29, 0.717) is 6.54 Å². The summed E-state index contributed by atoms with van der Waals surface area (Å²) in [6, 6.07) is 8.42. The van der Waals surface area contributed by atoms with Crippen LogP contribution in [0.3, 0.4) is 0 Å². The van der Waals surface area contributed by atoms with Gasteiger partial charge in [-0.05, 0) is 38.8 Å². The summed E-state index contributed by atoms with van der Waals surface area (Å²) in [6.45, 7) is 6.80. The molecule has 0 radical (unpaired) electrons. The van der Waals surface area contributed by atoms with Crippen molar-refractivity contribution in [3.63, 3.8) is 0 Å². The second-order valence-corrected chi connectivity index (χ2v) is 6.23. The Labute approximate surface area is 138 Å². The van der Waals surface area contributed by atoms with E-state index in [1.54, 1.807) is 4.68 Å². The summed E-state index contributed by atoms with van der Waals surface area (Å²) in [5, 5.41) is 10.1. The van der Waals surface area contributed by atoms with Crippen molar-refractivity contribution in [3.8, 4) is 0 Å². The number of aryl methyl sites for hydroxylation is 3. The Balaban J connectivity index is 1.73. The van der Waals surface area contributed by atoms with Gasteiger partial charge in [0.25, 0.3) is 0 Å². The van der Waals surface area contributed by atoms with Crippen LogP contribution in [-0.2, 0) is 19.9 Å². The van der Waals surface area contributed by atoms with Crippen molar-refractivity contribution in [2.75, 3.05) is 6.54 Å². The first kappa shape index (κ1) is 17.1. The maximum atomic E-state index is 11.9. The zero-order valence-electron chi connectivity index (χ0n) is 14.4. The fourth-order valence-electron chi connectivity index (χ4n) is 2.77. The van der Waals surface area contributed by atoms with Crippen LogP contribution in [0.1, 0.15) is 29.3 Å². The largest absolute Gasteiger partial charge is 0.338 e. The molecule has 1 aromatic heterocycles. The summed E-state index contributed by atoms with van der Waals surface area (Å²) < 4.78 is 1.77. The molecule has 0 saturated carbocycles. The molecule has 0 unspecified atom stereocenters. The quantitative estimate of drug-likeness (QED) is 0.861. The number of carbonyl (C=O) groups is 1. The number of aromatic nitrogens is 2. The highest BCUT2D eigenvalue weighted by atomic mass is 16.2. The van der Waals surface area contributed by atoms with E-state index in [2.05, 4.69) is 47.8 Å². The molecule has 0 aliphatic rings. The summed E-state index contributed by atoms with van der Waals surface area (Å²) >= 11 is 0. The average molecular weight is 314 g/mol. The smallest absolute Gasteiger partial charge is 0.315 e. The second-order valence-electron chi connectivity index (χ2n) is 6.23. The number of nitrogens with zero attached hydrogens (tertiary/aromatic N) is 2. The molecule has 2 N–H and O–H groups in total. The number of urea groups is 1. The Morgan fingerprint density at radius 3 is 2.57 bits per heavy atom. The Bertz CT molecular complexity index is 643. The van der Waals surface area contributed by atoms with Crippen molar-refractivity contribution >= 4 is 6.03 Å². The van der Waals surface area contributed by atoms with Crippen LogP contribution in [0.5, 0.6) is 0 Å². The van der Waals surface area contributed by atoms with Crippen LogP contribution in [-0.4, -0.2) is 28.4 Å². The van der Waals surface area contributed by atoms with E-state index in [1.165, 1.54) is 16.7 Å². The van der Waals surface area contributed by atoms with Gasteiger partial charge in [-0.2, -0.15) is 5.10 Å². The molecule has 124 valence electrons. The molecule has 2 amide bonds. The van der Waals surface area contributed by atoms with Gasteiger partial charge in [-0.25, -0.2) is 4.79 Å². The lowest BCUT2D eigenvalue weighted by atomic mass is 10.0. The first-order valence-electron chi connectivity index (χ1n) is 8.02. The molecule has 5 heteroatoms. The normalized spacial score (nSPS) is 12.0. The zero-order valence-corrected chi connectivity index (χ0v) is 14.4. The van der Waals surface area contributed by atoms with Crippen LogP contribution in [0.15, 0.2) is 30.5 Å². The Hall–Kier alpha value is -2.30. The van der Waals surface area contributed by atoms with Crippen LogP contribution >= 0.6 is 0 Å². The molecule has 1 heterocycles. The maximum absolute atomic E-state index is 11.9. The van der Waals surface area contributed by atoms with E-state index in [1.807, 2.05) is 26.2 Å². The van der Waals surface area contributed by atoms with Gasteiger partial charge >= 0.3 is 6.03 Å². The Morgan fingerprint density at radius 2 is 1.96 bits per heavy atom. The first-order valence-corrected chi connectivity index (χ1v) is 8.02. The van der Waals surface area contributed by atoms with Crippen LogP contribution in [0.25, 0.3) is 0 Å². The lowest BCUT2D eigenvalue weighted by Crippen LogP contribution is -2.42. The molecule has 0 fully saturated rings. The van der Waals surface area contributed by atoms with Gasteiger partial charge in [0.15, 0.2) is 0 Å². The van der Waals surface area contributed by atoms with Crippen LogP contribution in [0.2, 0.25) is 0 Å². The molecule has 0 aliphatic carbocycles. The average Bonchev–Trinajstić information content (AvgIpc) is 2.82. The van der Waals surface area contributed by atoms with Crippen molar-refractivity contribution in [1.82, 2.24) is 20.4 Å². The van der Waals surface area contributed by atoms with Gasteiger partial charge in [0.1, 0.15) is 0 Å². The van der Waals surface area contributed by atoms with Crippen molar-refractivity contribution in [2.24, 2.45) is 7.05 Å². The number of benzene rings is 1. The van der Waals surface area contributed by atoms with Crippen molar-refractivity contribution in [3.05, 3.63) is 52.8 Å². The summed E-state index contributed by atoms with van der Waals surface area (Å²) in [6.07, 6.45) is 3.47. The first-order chi connectivity index (χ1) is 10.9. The van der Waals surface area contributed by atoms with Crippen molar-refractivity contribution in [1.29, 1.82) is 0 Å². The summed E-state index contributed by atoms with van der Waals surface area (Å²) in [7, 11) is 1.89. The highest BCUT2D eigenvalue weighted by Crippen LogP contribution is 2.10. The monoisotopic (exact) mass is 314 g/mol. The van der Waals surface area contributed by atoms with Gasteiger partial charge < -0.3 is 10.6 Å². The molecule has 5 nitrogen and oxygen atoms in total. The van der Waals surface area contributed by atoms with Gasteiger partial charge in [0.05, 0.1) is 5.69 Å². The van der Waals surface area contributed by atoms with Gasteiger partial charge in [-0.3, -0.25) is 4.68 Å². The maximum Gasteiger partial charge on any atom is 0.315 e. The number of hydrogen-bond donors (Lipinski definition) is 2.